The van der Waals surface area contributed by atoms with Crippen molar-refractivity contribution in [2.24, 2.45) is 5.14 Å². The maximum atomic E-state index is 12.9. The van der Waals surface area contributed by atoms with Crippen molar-refractivity contribution in [3.05, 3.63) is 59.2 Å². The van der Waals surface area contributed by atoms with Gasteiger partial charge in [0, 0.05) is 11.6 Å². The minimum Gasteiger partial charge on any atom is -0.346 e. The van der Waals surface area contributed by atoms with Gasteiger partial charge in [0.1, 0.15) is 0 Å². The first-order valence-corrected chi connectivity index (χ1v) is 13.6. The van der Waals surface area contributed by atoms with E-state index in [4.69, 9.17) is 5.14 Å². The van der Waals surface area contributed by atoms with Crippen molar-refractivity contribution >= 4 is 26.0 Å². The van der Waals surface area contributed by atoms with Gasteiger partial charge in [0.05, 0.1) is 15.8 Å². The first-order valence-electron chi connectivity index (χ1n) is 10.5. The Morgan fingerprint density at radius 3 is 2.16 bits per heavy atom. The van der Waals surface area contributed by atoms with Crippen molar-refractivity contribution in [2.75, 3.05) is 0 Å². The Bertz CT molecular complexity index is 1190. The molecule has 0 unspecified atom stereocenters. The number of nitrogens with two attached hydrogens (primary N) is 1. The van der Waals surface area contributed by atoms with Crippen molar-refractivity contribution in [2.45, 2.75) is 67.8 Å². The Hall–Kier alpha value is -2.27. The molecule has 1 amide bonds. The third kappa shape index (κ3) is 5.94. The van der Waals surface area contributed by atoms with Gasteiger partial charge in [-0.15, -0.1) is 0 Å². The number of hydrogen-bond donors (Lipinski definition) is 3. The lowest BCUT2D eigenvalue weighted by Gasteiger charge is -2.23. The van der Waals surface area contributed by atoms with E-state index in [0.717, 1.165) is 32.1 Å². The van der Waals surface area contributed by atoms with Crippen LogP contribution in [0.5, 0.6) is 0 Å². The van der Waals surface area contributed by atoms with Gasteiger partial charge in [0.25, 0.3) is 5.91 Å². The van der Waals surface area contributed by atoms with Gasteiger partial charge >= 0.3 is 0 Å². The minimum absolute atomic E-state index is 0.0148. The van der Waals surface area contributed by atoms with E-state index < -0.39 is 32.0 Å². The van der Waals surface area contributed by atoms with Gasteiger partial charge in [0.15, 0.2) is 0 Å². The standard InChI is InChI=1S/C22H29N3O5S2/c1-15-8-11-20(32(29,30)25-18-6-4-3-5-7-18)14-21(15)22(26)24-16(2)17-9-12-19(13-10-17)31(23,27)28/h8-14,16,18,25H,3-7H2,1-2H3,(H,24,26)(H2,23,27,28)/t16-/m0/s1. The molecule has 0 aromatic heterocycles. The second-order valence-corrected chi connectivity index (χ2v) is 11.5. The van der Waals surface area contributed by atoms with E-state index >= 15 is 0 Å². The smallest absolute Gasteiger partial charge is 0.252 e. The monoisotopic (exact) mass is 479 g/mol. The normalized spacial score (nSPS) is 16.5. The highest BCUT2D eigenvalue weighted by molar-refractivity contribution is 7.89. The van der Waals surface area contributed by atoms with Gasteiger partial charge in [-0.3, -0.25) is 4.79 Å². The minimum atomic E-state index is -3.80. The Kier molecular flexibility index (Phi) is 7.39. The summed E-state index contributed by atoms with van der Waals surface area (Å²) in [4.78, 5) is 12.9. The molecular weight excluding hydrogens is 450 g/mol. The highest BCUT2D eigenvalue weighted by Crippen LogP contribution is 2.22. The molecule has 0 heterocycles. The molecule has 0 saturated heterocycles. The Labute approximate surface area is 189 Å². The van der Waals surface area contributed by atoms with Crippen molar-refractivity contribution in [3.63, 3.8) is 0 Å². The van der Waals surface area contributed by atoms with Crippen LogP contribution in [0.1, 0.15) is 66.6 Å². The van der Waals surface area contributed by atoms with Gasteiger partial charge in [-0.2, -0.15) is 0 Å². The molecule has 1 atom stereocenters. The summed E-state index contributed by atoms with van der Waals surface area (Å²) in [7, 11) is -7.53. The van der Waals surface area contributed by atoms with E-state index in [2.05, 4.69) is 10.0 Å². The molecule has 4 N–H and O–H groups in total. The maximum absolute atomic E-state index is 12.9. The van der Waals surface area contributed by atoms with Gasteiger partial charge in [-0.05, 0) is 62.1 Å². The van der Waals surface area contributed by atoms with Crippen LogP contribution in [-0.2, 0) is 20.0 Å². The van der Waals surface area contributed by atoms with Crippen LogP contribution >= 0.6 is 0 Å². The number of primary sulfonamides is 1. The van der Waals surface area contributed by atoms with Crippen LogP contribution in [0.15, 0.2) is 52.3 Å². The fourth-order valence-corrected chi connectivity index (χ4v) is 5.67. The molecule has 174 valence electrons. The lowest BCUT2D eigenvalue weighted by molar-refractivity contribution is 0.0939. The Morgan fingerprint density at radius 1 is 0.969 bits per heavy atom. The first-order chi connectivity index (χ1) is 15.0. The largest absolute Gasteiger partial charge is 0.346 e. The number of benzene rings is 2. The molecule has 2 aromatic rings. The van der Waals surface area contributed by atoms with Crippen LogP contribution in [0.3, 0.4) is 0 Å². The zero-order chi connectivity index (χ0) is 23.5. The van der Waals surface area contributed by atoms with Crippen molar-refractivity contribution in [3.8, 4) is 0 Å². The Balaban J connectivity index is 1.76. The Morgan fingerprint density at radius 2 is 1.56 bits per heavy atom. The summed E-state index contributed by atoms with van der Waals surface area (Å²) in [5.74, 6) is -0.416. The molecule has 32 heavy (non-hydrogen) atoms. The first kappa shape index (κ1) is 24.4. The quantitative estimate of drug-likeness (QED) is 0.561. The van der Waals surface area contributed by atoms with E-state index in [-0.39, 0.29) is 21.4 Å². The number of carbonyl (C=O) groups excluding carboxylic acids is 1. The van der Waals surface area contributed by atoms with Crippen LogP contribution in [0.4, 0.5) is 0 Å². The average Bonchev–Trinajstić information content (AvgIpc) is 2.73. The average molecular weight is 480 g/mol. The van der Waals surface area contributed by atoms with Crippen LogP contribution in [-0.4, -0.2) is 28.8 Å². The zero-order valence-electron chi connectivity index (χ0n) is 18.2. The van der Waals surface area contributed by atoms with Gasteiger partial charge in [-0.1, -0.05) is 37.5 Å². The second kappa shape index (κ2) is 9.70. The van der Waals surface area contributed by atoms with Gasteiger partial charge in [-0.25, -0.2) is 26.7 Å². The lowest BCUT2D eigenvalue weighted by Crippen LogP contribution is -2.36. The number of rotatable bonds is 7. The summed E-state index contributed by atoms with van der Waals surface area (Å²) >= 11 is 0. The topological polar surface area (TPSA) is 135 Å². The molecule has 0 aliphatic heterocycles. The molecule has 1 aliphatic rings. The number of nitrogens with one attached hydrogen (secondary N) is 2. The van der Waals surface area contributed by atoms with E-state index in [9.17, 15) is 21.6 Å². The molecule has 1 fully saturated rings. The lowest BCUT2D eigenvalue weighted by atomic mass is 9.96. The molecule has 8 nitrogen and oxygen atoms in total. The molecule has 10 heteroatoms. The molecule has 3 rings (SSSR count). The second-order valence-electron chi connectivity index (χ2n) is 8.24. The summed E-state index contributed by atoms with van der Waals surface area (Å²) < 4.78 is 51.3. The van der Waals surface area contributed by atoms with Gasteiger partial charge < -0.3 is 5.32 Å². The number of sulfonamides is 2. The maximum Gasteiger partial charge on any atom is 0.252 e. The summed E-state index contributed by atoms with van der Waals surface area (Å²) in [6.07, 6.45) is 4.77. The summed E-state index contributed by atoms with van der Waals surface area (Å²) in [5.41, 5.74) is 1.60. The molecule has 1 saturated carbocycles. The number of aryl methyl sites for hydroxylation is 1. The van der Waals surface area contributed by atoms with Crippen LogP contribution in [0.2, 0.25) is 0 Å². The predicted octanol–water partition coefficient (Wildman–Crippen LogP) is 2.74. The summed E-state index contributed by atoms with van der Waals surface area (Å²) in [6.45, 7) is 3.50. The number of amides is 1. The van der Waals surface area contributed by atoms with Gasteiger partial charge in [0.2, 0.25) is 20.0 Å². The molecular formula is C22H29N3O5S2. The molecule has 2 aromatic carbocycles. The fraction of sp³-hybridized carbons (Fsp3) is 0.409. The van der Waals surface area contributed by atoms with Crippen LogP contribution in [0.25, 0.3) is 0 Å². The molecule has 0 bridgehead atoms. The van der Waals surface area contributed by atoms with Crippen molar-refractivity contribution in [1.29, 1.82) is 0 Å². The van der Waals surface area contributed by atoms with E-state index in [1.807, 2.05) is 0 Å². The number of hydrogen-bond acceptors (Lipinski definition) is 5. The van der Waals surface area contributed by atoms with Crippen LogP contribution in [0, 0.1) is 6.92 Å². The number of carbonyl (C=O) groups is 1. The predicted molar refractivity (Wildman–Crippen MR) is 122 cm³/mol. The van der Waals surface area contributed by atoms with E-state index in [1.54, 1.807) is 32.0 Å². The molecule has 0 spiro atoms. The van der Waals surface area contributed by atoms with Crippen molar-refractivity contribution in [1.82, 2.24) is 10.0 Å². The fourth-order valence-electron chi connectivity index (χ4n) is 3.82. The van der Waals surface area contributed by atoms with E-state index in [1.165, 1.54) is 24.3 Å². The van der Waals surface area contributed by atoms with E-state index in [0.29, 0.717) is 11.1 Å². The van der Waals surface area contributed by atoms with Crippen LogP contribution < -0.4 is 15.2 Å². The molecule has 0 radical (unpaired) electrons. The highest BCUT2D eigenvalue weighted by Gasteiger charge is 2.24. The molecule has 1 aliphatic carbocycles. The zero-order valence-corrected chi connectivity index (χ0v) is 19.8. The highest BCUT2D eigenvalue weighted by atomic mass is 32.2. The third-order valence-corrected chi connectivity index (χ3v) is 8.19. The summed E-state index contributed by atoms with van der Waals surface area (Å²) in [6, 6.07) is 9.92. The van der Waals surface area contributed by atoms with Crippen molar-refractivity contribution < 1.29 is 21.6 Å². The third-order valence-electron chi connectivity index (χ3n) is 5.75. The SMILES string of the molecule is Cc1ccc(S(=O)(=O)NC2CCCCC2)cc1C(=O)N[C@@H](C)c1ccc(S(N)(=O)=O)cc1. The summed E-state index contributed by atoms with van der Waals surface area (Å²) in [5, 5.41) is 7.95.